The first kappa shape index (κ1) is 15.9. The number of benzene rings is 1. The van der Waals surface area contributed by atoms with Crippen LogP contribution in [0, 0.1) is 10.1 Å². The second kappa shape index (κ2) is 6.98. The molecule has 0 fully saturated rings. The summed E-state index contributed by atoms with van der Waals surface area (Å²) < 4.78 is 0.850. The molecule has 2 N–H and O–H groups in total. The van der Waals surface area contributed by atoms with E-state index in [1.807, 2.05) is 5.32 Å². The molecule has 0 bridgehead atoms. The number of urea groups is 1. The number of aromatic nitrogens is 1. The van der Waals surface area contributed by atoms with Gasteiger partial charge >= 0.3 is 6.03 Å². The third-order valence-corrected chi connectivity index (χ3v) is 2.78. The second-order valence-corrected chi connectivity index (χ2v) is 4.48. The van der Waals surface area contributed by atoms with Crippen LogP contribution in [0.3, 0.4) is 0 Å². The van der Waals surface area contributed by atoms with Crippen molar-refractivity contribution >= 4 is 23.3 Å². The van der Waals surface area contributed by atoms with Gasteiger partial charge in [0.05, 0.1) is 11.1 Å². The lowest BCUT2D eigenvalue weighted by atomic mass is 10.3. The Balaban J connectivity index is 1.99. The number of amides is 3. The number of carbonyl (C=O) groups excluding carboxylic acids is 2. The number of nitro groups is 1. The van der Waals surface area contributed by atoms with Crippen LogP contribution >= 0.6 is 0 Å². The lowest BCUT2D eigenvalue weighted by Crippen LogP contribution is -2.38. The fraction of sp³-hybridized carbons (Fsp3) is 0.0714. The predicted octanol–water partition coefficient (Wildman–Crippen LogP) is 1.10. The minimum absolute atomic E-state index is 0.328. The maximum absolute atomic E-state index is 11.7. The highest BCUT2D eigenvalue weighted by atomic mass is 16.6. The van der Waals surface area contributed by atoms with Crippen LogP contribution in [-0.2, 0) is 11.3 Å². The number of para-hydroxylation sites is 1. The Labute approximate surface area is 129 Å². The van der Waals surface area contributed by atoms with E-state index in [1.54, 1.807) is 30.3 Å². The van der Waals surface area contributed by atoms with Crippen molar-refractivity contribution < 1.29 is 14.5 Å². The Bertz CT molecular complexity index is 800. The summed E-state index contributed by atoms with van der Waals surface area (Å²) >= 11 is 0. The molecule has 0 aliphatic heterocycles. The topological polar surface area (TPSA) is 123 Å². The fourth-order valence-electron chi connectivity index (χ4n) is 1.75. The summed E-state index contributed by atoms with van der Waals surface area (Å²) in [6.07, 6.45) is 0.941. The van der Waals surface area contributed by atoms with Crippen LogP contribution < -0.4 is 16.2 Å². The van der Waals surface area contributed by atoms with Gasteiger partial charge in [0.25, 0.3) is 11.2 Å². The minimum Gasteiger partial charge on any atom is -0.308 e. The molecule has 2 rings (SSSR count). The molecule has 0 saturated heterocycles. The molecule has 1 aromatic heterocycles. The van der Waals surface area contributed by atoms with Crippen molar-refractivity contribution in [1.82, 2.24) is 9.88 Å². The Morgan fingerprint density at radius 3 is 2.48 bits per heavy atom. The summed E-state index contributed by atoms with van der Waals surface area (Å²) in [5.41, 5.74) is -0.425. The summed E-state index contributed by atoms with van der Waals surface area (Å²) in [5.74, 6) is -0.777. The van der Waals surface area contributed by atoms with Crippen LogP contribution in [0.5, 0.6) is 0 Å². The Kier molecular flexibility index (Phi) is 4.82. The first-order valence-electron chi connectivity index (χ1n) is 6.46. The zero-order chi connectivity index (χ0) is 16.8. The predicted molar refractivity (Wildman–Crippen MR) is 81.0 cm³/mol. The zero-order valence-electron chi connectivity index (χ0n) is 11.8. The lowest BCUT2D eigenvalue weighted by molar-refractivity contribution is -0.385. The normalized spacial score (nSPS) is 9.91. The molecule has 0 spiro atoms. The van der Waals surface area contributed by atoms with Gasteiger partial charge in [0.2, 0.25) is 5.91 Å². The third kappa shape index (κ3) is 4.49. The van der Waals surface area contributed by atoms with Gasteiger partial charge in [0, 0.05) is 17.8 Å². The second-order valence-electron chi connectivity index (χ2n) is 4.48. The summed E-state index contributed by atoms with van der Waals surface area (Å²) in [5, 5.41) is 15.1. The Morgan fingerprint density at radius 1 is 1.13 bits per heavy atom. The van der Waals surface area contributed by atoms with E-state index in [2.05, 4.69) is 5.32 Å². The number of nitrogens with zero attached hydrogens (tertiary/aromatic N) is 2. The molecule has 3 amide bonds. The standard InChI is InChI=1S/C14H12N4O5/c19-12(16-14(21)15-10-4-2-1-3-5-10)9-17-8-11(18(22)23)6-7-13(17)20/h1-8H,9H2,(H2,15,16,19,21). The quantitative estimate of drug-likeness (QED) is 0.646. The minimum atomic E-state index is -0.777. The number of imide groups is 1. The highest BCUT2D eigenvalue weighted by molar-refractivity contribution is 6.01. The van der Waals surface area contributed by atoms with E-state index in [0.717, 1.165) is 22.9 Å². The molecule has 9 nitrogen and oxygen atoms in total. The van der Waals surface area contributed by atoms with E-state index in [4.69, 9.17) is 0 Å². The van der Waals surface area contributed by atoms with Crippen molar-refractivity contribution in [3.63, 3.8) is 0 Å². The van der Waals surface area contributed by atoms with E-state index < -0.39 is 29.0 Å². The molecule has 23 heavy (non-hydrogen) atoms. The van der Waals surface area contributed by atoms with Crippen molar-refractivity contribution in [3.05, 3.63) is 69.1 Å². The van der Waals surface area contributed by atoms with Gasteiger partial charge in [-0.1, -0.05) is 18.2 Å². The molecular weight excluding hydrogens is 304 g/mol. The van der Waals surface area contributed by atoms with Gasteiger partial charge in [0.1, 0.15) is 6.54 Å². The van der Waals surface area contributed by atoms with Gasteiger partial charge in [-0.3, -0.25) is 29.6 Å². The van der Waals surface area contributed by atoms with E-state index >= 15 is 0 Å². The van der Waals surface area contributed by atoms with Gasteiger partial charge < -0.3 is 5.32 Å². The molecule has 1 aromatic carbocycles. The van der Waals surface area contributed by atoms with Gasteiger partial charge in [0.15, 0.2) is 0 Å². The summed E-state index contributed by atoms with van der Waals surface area (Å²) in [6.45, 7) is -0.511. The maximum Gasteiger partial charge on any atom is 0.325 e. The SMILES string of the molecule is O=C(Cn1cc([N+](=O)[O-])ccc1=O)NC(=O)Nc1ccccc1. The van der Waals surface area contributed by atoms with Gasteiger partial charge in [-0.2, -0.15) is 0 Å². The number of rotatable bonds is 4. The lowest BCUT2D eigenvalue weighted by Gasteiger charge is -2.07. The zero-order valence-corrected chi connectivity index (χ0v) is 11.8. The van der Waals surface area contributed by atoms with Gasteiger partial charge in [-0.25, -0.2) is 4.79 Å². The smallest absolute Gasteiger partial charge is 0.308 e. The number of anilines is 1. The molecule has 118 valence electrons. The van der Waals surface area contributed by atoms with E-state index in [9.17, 15) is 24.5 Å². The van der Waals surface area contributed by atoms with Crippen molar-refractivity contribution in [2.24, 2.45) is 0 Å². The van der Waals surface area contributed by atoms with Crippen LogP contribution in [0.2, 0.25) is 0 Å². The summed E-state index contributed by atoms with van der Waals surface area (Å²) in [4.78, 5) is 44.9. The number of hydrogen-bond donors (Lipinski definition) is 2. The van der Waals surface area contributed by atoms with Crippen molar-refractivity contribution in [1.29, 1.82) is 0 Å². The Morgan fingerprint density at radius 2 is 1.83 bits per heavy atom. The van der Waals surface area contributed by atoms with Crippen LogP contribution in [-0.4, -0.2) is 21.4 Å². The molecule has 0 aliphatic carbocycles. The molecule has 9 heteroatoms. The number of carbonyl (C=O) groups is 2. The molecule has 0 saturated carbocycles. The van der Waals surface area contributed by atoms with E-state index in [-0.39, 0.29) is 5.69 Å². The number of nitrogens with one attached hydrogen (secondary N) is 2. The molecule has 0 atom stereocenters. The van der Waals surface area contributed by atoms with Crippen molar-refractivity contribution in [2.75, 3.05) is 5.32 Å². The molecule has 0 aliphatic rings. The van der Waals surface area contributed by atoms with Crippen LogP contribution in [0.4, 0.5) is 16.2 Å². The first-order chi connectivity index (χ1) is 11.0. The van der Waals surface area contributed by atoms with E-state index in [1.165, 1.54) is 0 Å². The molecular formula is C14H12N4O5. The largest absolute Gasteiger partial charge is 0.325 e. The summed E-state index contributed by atoms with van der Waals surface area (Å²) in [6, 6.07) is 9.71. The van der Waals surface area contributed by atoms with Crippen molar-refractivity contribution in [3.8, 4) is 0 Å². The highest BCUT2D eigenvalue weighted by Crippen LogP contribution is 2.06. The van der Waals surface area contributed by atoms with Crippen LogP contribution in [0.1, 0.15) is 0 Å². The molecule has 0 radical (unpaired) electrons. The van der Waals surface area contributed by atoms with Gasteiger partial charge in [-0.05, 0) is 12.1 Å². The summed E-state index contributed by atoms with van der Waals surface area (Å²) in [7, 11) is 0. The maximum atomic E-state index is 11.7. The van der Waals surface area contributed by atoms with E-state index in [0.29, 0.717) is 5.69 Å². The van der Waals surface area contributed by atoms with Gasteiger partial charge in [-0.15, -0.1) is 0 Å². The van der Waals surface area contributed by atoms with Crippen molar-refractivity contribution in [2.45, 2.75) is 6.54 Å². The Hall–Kier alpha value is -3.49. The molecule has 1 heterocycles. The average Bonchev–Trinajstić information content (AvgIpc) is 2.50. The first-order valence-corrected chi connectivity index (χ1v) is 6.46. The number of pyridine rings is 1. The van der Waals surface area contributed by atoms with Crippen LogP contribution in [0.25, 0.3) is 0 Å². The highest BCUT2D eigenvalue weighted by Gasteiger charge is 2.12. The fourth-order valence-corrected chi connectivity index (χ4v) is 1.75. The third-order valence-electron chi connectivity index (χ3n) is 2.78. The number of hydrogen-bond acceptors (Lipinski definition) is 5. The molecule has 0 unspecified atom stereocenters. The monoisotopic (exact) mass is 316 g/mol. The average molecular weight is 316 g/mol. The van der Waals surface area contributed by atoms with Crippen LogP contribution in [0.15, 0.2) is 53.5 Å². The molecule has 2 aromatic rings.